The average Bonchev–Trinajstić information content (AvgIpc) is 2.95. The Balaban J connectivity index is 2.08. The Morgan fingerprint density at radius 3 is 2.11 bits per heavy atom. The highest BCUT2D eigenvalue weighted by Crippen LogP contribution is 2.25. The van der Waals surface area contributed by atoms with E-state index in [0.29, 0.717) is 28.4 Å². The summed E-state index contributed by atoms with van der Waals surface area (Å²) in [5, 5.41) is 0. The lowest BCUT2D eigenvalue weighted by Crippen LogP contribution is -2.31. The van der Waals surface area contributed by atoms with Crippen molar-refractivity contribution in [1.29, 1.82) is 0 Å². The predicted octanol–water partition coefficient (Wildman–Crippen LogP) is 2.78. The summed E-state index contributed by atoms with van der Waals surface area (Å²) in [6, 6.07) is 14.2. The van der Waals surface area contributed by atoms with Crippen LogP contribution in [-0.2, 0) is 7.05 Å². The zero-order valence-electron chi connectivity index (χ0n) is 16.6. The number of methoxy groups -OCH3 is 2. The van der Waals surface area contributed by atoms with Gasteiger partial charge in [-0.1, -0.05) is 18.2 Å². The second-order valence-corrected chi connectivity index (χ2v) is 6.38. The van der Waals surface area contributed by atoms with Gasteiger partial charge in [-0.25, -0.2) is 4.68 Å². The van der Waals surface area contributed by atoms with Gasteiger partial charge in [0.05, 0.1) is 25.6 Å². The number of carbonyl (C=O) groups is 1. The first-order valence-corrected chi connectivity index (χ1v) is 8.74. The van der Waals surface area contributed by atoms with E-state index >= 15 is 0 Å². The number of ether oxygens (including phenoxy) is 2. The normalized spacial score (nSPS) is 10.6. The van der Waals surface area contributed by atoms with Gasteiger partial charge in [0, 0.05) is 25.7 Å². The molecule has 1 heterocycles. The molecule has 0 aliphatic heterocycles. The smallest absolute Gasteiger partial charge is 0.295 e. The summed E-state index contributed by atoms with van der Waals surface area (Å²) >= 11 is 0. The molecule has 0 saturated carbocycles. The summed E-state index contributed by atoms with van der Waals surface area (Å²) in [6.07, 6.45) is 0. The highest BCUT2D eigenvalue weighted by Gasteiger charge is 2.24. The van der Waals surface area contributed by atoms with E-state index < -0.39 is 0 Å². The first-order valence-electron chi connectivity index (χ1n) is 8.74. The van der Waals surface area contributed by atoms with Gasteiger partial charge < -0.3 is 14.4 Å². The van der Waals surface area contributed by atoms with E-state index in [9.17, 15) is 9.59 Å². The first-order chi connectivity index (χ1) is 13.4. The third-order valence-electron chi connectivity index (χ3n) is 4.76. The van der Waals surface area contributed by atoms with Crippen molar-refractivity contribution in [3.05, 3.63) is 70.1 Å². The minimum absolute atomic E-state index is 0.267. The lowest BCUT2D eigenvalue weighted by atomic mass is 10.1. The molecule has 3 rings (SSSR count). The number of carbonyl (C=O) groups excluding carboxylic acids is 1. The molecule has 0 saturated heterocycles. The number of para-hydroxylation sites is 1. The molecule has 0 spiro atoms. The molecule has 7 heteroatoms. The van der Waals surface area contributed by atoms with Crippen molar-refractivity contribution in [2.24, 2.45) is 7.05 Å². The standard InChI is InChI=1S/C21H23N3O4/c1-14-19(21(26)24(23(14)3)16-9-7-6-8-10-16)22(2)20(25)15-11-17(27-4)13-18(12-15)28-5/h6-13H,1-5H3. The summed E-state index contributed by atoms with van der Waals surface area (Å²) in [4.78, 5) is 27.6. The van der Waals surface area contributed by atoms with E-state index in [2.05, 4.69) is 0 Å². The highest BCUT2D eigenvalue weighted by atomic mass is 16.5. The van der Waals surface area contributed by atoms with Crippen molar-refractivity contribution in [2.45, 2.75) is 6.92 Å². The average molecular weight is 381 g/mol. The van der Waals surface area contributed by atoms with Crippen molar-refractivity contribution in [3.63, 3.8) is 0 Å². The van der Waals surface area contributed by atoms with E-state index in [1.165, 1.54) is 19.1 Å². The molecule has 146 valence electrons. The maximum absolute atomic E-state index is 13.1. The van der Waals surface area contributed by atoms with Crippen LogP contribution in [0.15, 0.2) is 53.3 Å². The lowest BCUT2D eigenvalue weighted by Gasteiger charge is -2.17. The molecule has 0 unspecified atom stereocenters. The minimum Gasteiger partial charge on any atom is -0.497 e. The Bertz CT molecular complexity index is 1040. The van der Waals surface area contributed by atoms with Crippen LogP contribution >= 0.6 is 0 Å². The van der Waals surface area contributed by atoms with Crippen LogP contribution in [0.25, 0.3) is 5.69 Å². The summed E-state index contributed by atoms with van der Waals surface area (Å²) in [5.41, 5.74) is 1.83. The van der Waals surface area contributed by atoms with Gasteiger partial charge in [0.15, 0.2) is 0 Å². The quantitative estimate of drug-likeness (QED) is 0.682. The largest absolute Gasteiger partial charge is 0.497 e. The van der Waals surface area contributed by atoms with Crippen molar-refractivity contribution in [3.8, 4) is 17.2 Å². The SMILES string of the molecule is COc1cc(OC)cc(C(=O)N(C)c2c(C)n(C)n(-c3ccccc3)c2=O)c1. The number of amides is 1. The summed E-state index contributed by atoms with van der Waals surface area (Å²) in [6.45, 7) is 1.81. The maximum Gasteiger partial charge on any atom is 0.295 e. The third-order valence-corrected chi connectivity index (χ3v) is 4.76. The number of hydrogen-bond donors (Lipinski definition) is 0. The number of anilines is 1. The molecule has 0 atom stereocenters. The second kappa shape index (κ2) is 7.64. The van der Waals surface area contributed by atoms with Crippen molar-refractivity contribution < 1.29 is 14.3 Å². The van der Waals surface area contributed by atoms with Crippen LogP contribution in [0.4, 0.5) is 5.69 Å². The molecule has 28 heavy (non-hydrogen) atoms. The minimum atomic E-state index is -0.330. The van der Waals surface area contributed by atoms with Crippen LogP contribution in [0, 0.1) is 6.92 Å². The van der Waals surface area contributed by atoms with E-state index in [4.69, 9.17) is 9.47 Å². The Morgan fingerprint density at radius 2 is 1.57 bits per heavy atom. The van der Waals surface area contributed by atoms with Gasteiger partial charge in [-0.05, 0) is 31.2 Å². The summed E-state index contributed by atoms with van der Waals surface area (Å²) < 4.78 is 13.8. The maximum atomic E-state index is 13.1. The first kappa shape index (κ1) is 19.3. The fourth-order valence-electron chi connectivity index (χ4n) is 3.17. The molecule has 0 bridgehead atoms. The van der Waals surface area contributed by atoms with Crippen LogP contribution in [0.1, 0.15) is 16.1 Å². The van der Waals surface area contributed by atoms with E-state index in [-0.39, 0.29) is 11.5 Å². The molecule has 1 amide bonds. The molecule has 0 N–H and O–H groups in total. The van der Waals surface area contributed by atoms with Gasteiger partial charge in [0.2, 0.25) is 0 Å². The Morgan fingerprint density at radius 1 is 1.00 bits per heavy atom. The Labute approximate surface area is 163 Å². The number of hydrogen-bond acceptors (Lipinski definition) is 4. The van der Waals surface area contributed by atoms with Crippen LogP contribution in [0.3, 0.4) is 0 Å². The van der Waals surface area contributed by atoms with Crippen LogP contribution < -0.4 is 19.9 Å². The highest BCUT2D eigenvalue weighted by molar-refractivity contribution is 6.06. The van der Waals surface area contributed by atoms with Gasteiger partial charge in [-0.15, -0.1) is 0 Å². The molecule has 0 fully saturated rings. The zero-order valence-corrected chi connectivity index (χ0v) is 16.6. The number of aromatic nitrogens is 2. The van der Waals surface area contributed by atoms with Crippen molar-refractivity contribution in [2.75, 3.05) is 26.2 Å². The molecule has 1 aromatic heterocycles. The summed E-state index contributed by atoms with van der Waals surface area (Å²) in [5.74, 6) is 0.674. The fraction of sp³-hybridized carbons (Fsp3) is 0.238. The lowest BCUT2D eigenvalue weighted by molar-refractivity contribution is 0.0992. The van der Waals surface area contributed by atoms with Gasteiger partial charge in [-0.2, -0.15) is 0 Å². The molecule has 0 radical (unpaired) electrons. The van der Waals surface area contributed by atoms with Crippen LogP contribution in [0.2, 0.25) is 0 Å². The molecule has 7 nitrogen and oxygen atoms in total. The van der Waals surface area contributed by atoms with E-state index in [1.54, 1.807) is 41.7 Å². The second-order valence-electron chi connectivity index (χ2n) is 6.38. The van der Waals surface area contributed by atoms with Crippen molar-refractivity contribution in [1.82, 2.24) is 9.36 Å². The van der Waals surface area contributed by atoms with Gasteiger partial charge in [0.25, 0.3) is 11.5 Å². The zero-order chi connectivity index (χ0) is 20.4. The predicted molar refractivity (Wildman–Crippen MR) is 108 cm³/mol. The monoisotopic (exact) mass is 381 g/mol. The Kier molecular flexibility index (Phi) is 5.26. The van der Waals surface area contributed by atoms with Crippen LogP contribution in [0.5, 0.6) is 11.5 Å². The van der Waals surface area contributed by atoms with Gasteiger partial charge >= 0.3 is 0 Å². The number of benzene rings is 2. The molecule has 0 aliphatic rings. The van der Waals surface area contributed by atoms with Gasteiger partial charge in [0.1, 0.15) is 17.2 Å². The van der Waals surface area contributed by atoms with Crippen LogP contribution in [-0.4, -0.2) is 36.5 Å². The molecular formula is C21H23N3O4. The number of rotatable bonds is 5. The molecule has 2 aromatic carbocycles. The van der Waals surface area contributed by atoms with E-state index in [1.807, 2.05) is 37.3 Å². The Hall–Kier alpha value is -3.48. The molecule has 3 aromatic rings. The molecule has 0 aliphatic carbocycles. The molecular weight excluding hydrogens is 358 g/mol. The van der Waals surface area contributed by atoms with E-state index in [0.717, 1.165) is 5.69 Å². The number of nitrogens with zero attached hydrogens (tertiary/aromatic N) is 3. The topological polar surface area (TPSA) is 65.7 Å². The van der Waals surface area contributed by atoms with Gasteiger partial charge in [-0.3, -0.25) is 14.3 Å². The summed E-state index contributed by atoms with van der Waals surface area (Å²) in [7, 11) is 6.42. The fourth-order valence-corrected chi connectivity index (χ4v) is 3.17. The third kappa shape index (κ3) is 3.26. The van der Waals surface area contributed by atoms with Crippen molar-refractivity contribution >= 4 is 11.6 Å².